The van der Waals surface area contributed by atoms with Crippen molar-refractivity contribution in [3.8, 4) is 0 Å². The summed E-state index contributed by atoms with van der Waals surface area (Å²) in [6.07, 6.45) is 1.29. The molecule has 0 atom stereocenters. The topological polar surface area (TPSA) is 80.9 Å². The molecular weight excluding hydrogens is 296 g/mol. The number of amides is 1. The molecule has 3 N–H and O–H groups in total. The molecule has 2 aromatic rings. The minimum absolute atomic E-state index is 0.0454. The molecule has 0 radical (unpaired) electrons. The summed E-state index contributed by atoms with van der Waals surface area (Å²) in [4.78, 5) is 20.2. The molecule has 0 spiro atoms. The Morgan fingerprint density at radius 2 is 2.05 bits per heavy atom. The third-order valence-corrected chi connectivity index (χ3v) is 3.84. The molecule has 116 valence electrons. The lowest BCUT2D eigenvalue weighted by Gasteiger charge is -2.05. The van der Waals surface area contributed by atoms with Gasteiger partial charge in [-0.25, -0.2) is 9.97 Å². The molecule has 1 heterocycles. The highest BCUT2D eigenvalue weighted by atomic mass is 32.2. The number of benzene rings is 1. The first-order valence-corrected chi connectivity index (χ1v) is 8.16. The number of nitrogens with one attached hydrogen (secondary N) is 1. The Labute approximate surface area is 134 Å². The molecule has 6 heteroatoms. The Kier molecular flexibility index (Phi) is 6.21. The summed E-state index contributed by atoms with van der Waals surface area (Å²) in [5.41, 5.74) is 7.73. The quantitative estimate of drug-likeness (QED) is 0.604. The van der Waals surface area contributed by atoms with Gasteiger partial charge in [-0.3, -0.25) is 4.79 Å². The van der Waals surface area contributed by atoms with Crippen LogP contribution in [0.5, 0.6) is 0 Å². The van der Waals surface area contributed by atoms with Crippen molar-refractivity contribution in [1.82, 2.24) is 15.3 Å². The first-order valence-electron chi connectivity index (χ1n) is 7.18. The van der Waals surface area contributed by atoms with E-state index in [1.807, 2.05) is 25.1 Å². The minimum Gasteiger partial charge on any atom is -0.384 e. The summed E-state index contributed by atoms with van der Waals surface area (Å²) < 4.78 is 0. The smallest absolute Gasteiger partial charge is 0.220 e. The van der Waals surface area contributed by atoms with E-state index in [2.05, 4.69) is 27.4 Å². The number of carbonyl (C=O) groups is 1. The van der Waals surface area contributed by atoms with E-state index >= 15 is 0 Å². The van der Waals surface area contributed by atoms with Crippen molar-refractivity contribution in [3.63, 3.8) is 0 Å². The van der Waals surface area contributed by atoms with E-state index in [4.69, 9.17) is 5.73 Å². The van der Waals surface area contributed by atoms with Crippen molar-refractivity contribution >= 4 is 23.5 Å². The Hall–Kier alpha value is -2.08. The van der Waals surface area contributed by atoms with Gasteiger partial charge >= 0.3 is 0 Å². The molecular formula is C16H20N4OS. The van der Waals surface area contributed by atoms with Gasteiger partial charge in [0.25, 0.3) is 0 Å². The largest absolute Gasteiger partial charge is 0.384 e. The molecule has 2 rings (SSSR count). The Morgan fingerprint density at radius 1 is 1.27 bits per heavy atom. The van der Waals surface area contributed by atoms with Crippen LogP contribution in [0.1, 0.15) is 17.7 Å². The molecule has 22 heavy (non-hydrogen) atoms. The zero-order valence-corrected chi connectivity index (χ0v) is 13.4. The second-order valence-electron chi connectivity index (χ2n) is 4.90. The fraction of sp³-hybridized carbons (Fsp3) is 0.312. The molecule has 1 amide bonds. The summed E-state index contributed by atoms with van der Waals surface area (Å²) in [5.74, 6) is 1.14. The summed E-state index contributed by atoms with van der Waals surface area (Å²) in [6, 6.07) is 11.8. The number of carbonyl (C=O) groups excluding carboxylic acids is 1. The predicted molar refractivity (Wildman–Crippen MR) is 89.7 cm³/mol. The number of rotatable bonds is 7. The highest BCUT2D eigenvalue weighted by Gasteiger charge is 2.04. The summed E-state index contributed by atoms with van der Waals surface area (Å²) in [5, 5.41) is 3.54. The molecule has 1 aromatic carbocycles. The van der Waals surface area contributed by atoms with Gasteiger partial charge in [0.2, 0.25) is 5.91 Å². The van der Waals surface area contributed by atoms with Crippen LogP contribution in [0.25, 0.3) is 0 Å². The van der Waals surface area contributed by atoms with E-state index in [1.165, 1.54) is 17.3 Å². The number of nitrogens with zero attached hydrogens (tertiary/aromatic N) is 2. The summed E-state index contributed by atoms with van der Waals surface area (Å²) in [7, 11) is 0. The Bertz CT molecular complexity index is 599. The van der Waals surface area contributed by atoms with Gasteiger partial charge in [-0.1, -0.05) is 42.1 Å². The highest BCUT2D eigenvalue weighted by molar-refractivity contribution is 7.99. The number of nitrogens with two attached hydrogens (primary N) is 1. The molecule has 1 aromatic heterocycles. The standard InChI is InChI=1S/C16H20N4OS/c1-12-11-14(17)20-16(19-12)22-10-8-15(21)18-9-7-13-5-3-2-4-6-13/h2-6,11H,7-10H2,1H3,(H,18,21)(H2,17,19,20). The molecule has 0 saturated heterocycles. The van der Waals surface area contributed by atoms with Crippen molar-refractivity contribution in [2.45, 2.75) is 24.9 Å². The van der Waals surface area contributed by atoms with Gasteiger partial charge in [-0.15, -0.1) is 0 Å². The van der Waals surface area contributed by atoms with Crippen LogP contribution in [-0.2, 0) is 11.2 Å². The van der Waals surface area contributed by atoms with Gasteiger partial charge < -0.3 is 11.1 Å². The van der Waals surface area contributed by atoms with E-state index in [1.54, 1.807) is 6.07 Å². The van der Waals surface area contributed by atoms with Gasteiger partial charge in [-0.05, 0) is 18.9 Å². The van der Waals surface area contributed by atoms with Gasteiger partial charge in [-0.2, -0.15) is 0 Å². The van der Waals surface area contributed by atoms with Crippen molar-refractivity contribution < 1.29 is 4.79 Å². The normalized spacial score (nSPS) is 10.4. The van der Waals surface area contributed by atoms with E-state index in [0.717, 1.165) is 12.1 Å². The Morgan fingerprint density at radius 3 is 2.77 bits per heavy atom. The fourth-order valence-corrected chi connectivity index (χ4v) is 2.79. The zero-order chi connectivity index (χ0) is 15.8. The lowest BCUT2D eigenvalue weighted by Crippen LogP contribution is -2.25. The van der Waals surface area contributed by atoms with Crippen LogP contribution in [0, 0.1) is 6.92 Å². The average Bonchev–Trinajstić information content (AvgIpc) is 2.47. The van der Waals surface area contributed by atoms with Gasteiger partial charge in [0.15, 0.2) is 5.16 Å². The predicted octanol–water partition coefficient (Wildman–Crippen LogP) is 2.21. The fourth-order valence-electron chi connectivity index (χ4n) is 1.94. The van der Waals surface area contributed by atoms with Crippen LogP contribution >= 0.6 is 11.8 Å². The average molecular weight is 316 g/mol. The number of aryl methyl sites for hydroxylation is 1. The molecule has 0 unspecified atom stereocenters. The van der Waals surface area contributed by atoms with Crippen LogP contribution in [0.3, 0.4) is 0 Å². The number of anilines is 1. The second kappa shape index (κ2) is 8.38. The van der Waals surface area contributed by atoms with Gasteiger partial charge in [0.05, 0.1) is 0 Å². The van der Waals surface area contributed by atoms with Crippen molar-refractivity contribution in [2.75, 3.05) is 18.0 Å². The summed E-state index contributed by atoms with van der Waals surface area (Å²) in [6.45, 7) is 2.53. The van der Waals surface area contributed by atoms with Crippen molar-refractivity contribution in [1.29, 1.82) is 0 Å². The number of hydrogen-bond donors (Lipinski definition) is 2. The van der Waals surface area contributed by atoms with Crippen LogP contribution in [0.15, 0.2) is 41.6 Å². The third kappa shape index (κ3) is 5.73. The first-order chi connectivity index (χ1) is 10.6. The van der Waals surface area contributed by atoms with Crippen LogP contribution < -0.4 is 11.1 Å². The number of thioether (sulfide) groups is 1. The monoisotopic (exact) mass is 316 g/mol. The molecule has 0 bridgehead atoms. The van der Waals surface area contributed by atoms with Crippen LogP contribution in [0.4, 0.5) is 5.82 Å². The maximum atomic E-state index is 11.8. The lowest BCUT2D eigenvalue weighted by molar-refractivity contribution is -0.120. The van der Waals surface area contributed by atoms with E-state index in [-0.39, 0.29) is 5.91 Å². The van der Waals surface area contributed by atoms with Gasteiger partial charge in [0, 0.05) is 30.5 Å². The number of hydrogen-bond acceptors (Lipinski definition) is 5. The van der Waals surface area contributed by atoms with E-state index in [0.29, 0.717) is 29.7 Å². The third-order valence-electron chi connectivity index (χ3n) is 2.99. The maximum absolute atomic E-state index is 11.8. The highest BCUT2D eigenvalue weighted by Crippen LogP contribution is 2.15. The van der Waals surface area contributed by atoms with Crippen molar-refractivity contribution in [3.05, 3.63) is 47.7 Å². The SMILES string of the molecule is Cc1cc(N)nc(SCCC(=O)NCCc2ccccc2)n1. The summed E-state index contributed by atoms with van der Waals surface area (Å²) >= 11 is 1.44. The maximum Gasteiger partial charge on any atom is 0.220 e. The molecule has 0 saturated carbocycles. The molecule has 0 fully saturated rings. The Balaban J connectivity index is 1.65. The number of aromatic nitrogens is 2. The zero-order valence-electron chi connectivity index (χ0n) is 12.6. The van der Waals surface area contributed by atoms with E-state index < -0.39 is 0 Å². The number of nitrogen functional groups attached to an aromatic ring is 1. The minimum atomic E-state index is 0.0454. The molecule has 0 aliphatic carbocycles. The molecule has 5 nitrogen and oxygen atoms in total. The lowest BCUT2D eigenvalue weighted by atomic mass is 10.1. The second-order valence-corrected chi connectivity index (χ2v) is 5.96. The van der Waals surface area contributed by atoms with Crippen LogP contribution in [-0.4, -0.2) is 28.2 Å². The first kappa shape index (κ1) is 16.3. The van der Waals surface area contributed by atoms with Crippen LogP contribution in [0.2, 0.25) is 0 Å². The molecule has 0 aliphatic heterocycles. The van der Waals surface area contributed by atoms with Gasteiger partial charge in [0.1, 0.15) is 5.82 Å². The van der Waals surface area contributed by atoms with Crippen molar-refractivity contribution in [2.24, 2.45) is 0 Å². The molecule has 0 aliphatic rings. The van der Waals surface area contributed by atoms with E-state index in [9.17, 15) is 4.79 Å².